The number of Topliss-reactive ketones (excluding diaryl/α,β-unsaturated/α-hetero) is 1. The van der Waals surface area contributed by atoms with Crippen LogP contribution in [-0.4, -0.2) is 30.0 Å². The number of hydrogen-bond donors (Lipinski definition) is 1. The van der Waals surface area contributed by atoms with E-state index < -0.39 is 17.7 Å². The lowest BCUT2D eigenvalue weighted by Crippen LogP contribution is -2.29. The quantitative estimate of drug-likeness (QED) is 0.239. The average Bonchev–Trinajstić information content (AvgIpc) is 3.13. The highest BCUT2D eigenvalue weighted by molar-refractivity contribution is 6.51. The van der Waals surface area contributed by atoms with Gasteiger partial charge in [-0.2, -0.15) is 0 Å². The van der Waals surface area contributed by atoms with Crippen LogP contribution in [0.3, 0.4) is 0 Å². The summed E-state index contributed by atoms with van der Waals surface area (Å²) >= 11 is 0. The molecule has 0 saturated carbocycles. The lowest BCUT2D eigenvalue weighted by molar-refractivity contribution is -0.132. The van der Waals surface area contributed by atoms with Crippen molar-refractivity contribution in [3.8, 4) is 11.5 Å². The highest BCUT2D eigenvalue weighted by Crippen LogP contribution is 2.42. The van der Waals surface area contributed by atoms with Crippen molar-refractivity contribution < 1.29 is 24.2 Å². The number of rotatable bonds is 8. The van der Waals surface area contributed by atoms with E-state index in [0.717, 1.165) is 11.1 Å². The number of aliphatic hydroxyl groups is 1. The number of carbonyl (C=O) groups excluding carboxylic acids is 2. The predicted molar refractivity (Wildman–Crippen MR) is 140 cm³/mol. The van der Waals surface area contributed by atoms with Crippen molar-refractivity contribution in [2.75, 3.05) is 18.1 Å². The van der Waals surface area contributed by atoms with E-state index in [1.807, 2.05) is 38.1 Å². The highest BCUT2D eigenvalue weighted by Gasteiger charge is 2.47. The minimum atomic E-state index is -0.778. The van der Waals surface area contributed by atoms with Crippen LogP contribution in [0.2, 0.25) is 0 Å². The summed E-state index contributed by atoms with van der Waals surface area (Å²) in [6.07, 6.45) is 0. The molecule has 1 atom stereocenters. The van der Waals surface area contributed by atoms with Crippen molar-refractivity contribution in [3.63, 3.8) is 0 Å². The molecular formula is C30H31NO5. The Kier molecular flexibility index (Phi) is 7.44. The topological polar surface area (TPSA) is 76.1 Å². The van der Waals surface area contributed by atoms with E-state index in [1.54, 1.807) is 48.5 Å². The van der Waals surface area contributed by atoms with Crippen LogP contribution in [-0.2, 0) is 9.59 Å². The van der Waals surface area contributed by atoms with Crippen molar-refractivity contribution in [1.29, 1.82) is 0 Å². The van der Waals surface area contributed by atoms with E-state index in [0.29, 0.717) is 41.9 Å². The van der Waals surface area contributed by atoms with Gasteiger partial charge in [-0.3, -0.25) is 14.5 Å². The SMILES string of the molecule is CCOc1ccc(N2C(=O)C(=O)/C(=C(\O)c3ccc(OCC(C)C)cc3)C2c2cccc(C)c2)cc1. The van der Waals surface area contributed by atoms with E-state index in [4.69, 9.17) is 9.47 Å². The van der Waals surface area contributed by atoms with E-state index in [1.165, 1.54) is 4.90 Å². The molecule has 4 rings (SSSR count). The molecule has 0 aliphatic carbocycles. The molecule has 1 aliphatic rings. The molecule has 1 fully saturated rings. The van der Waals surface area contributed by atoms with Crippen LogP contribution in [0.4, 0.5) is 5.69 Å². The number of ketones is 1. The van der Waals surface area contributed by atoms with Crippen LogP contribution < -0.4 is 14.4 Å². The molecule has 36 heavy (non-hydrogen) atoms. The van der Waals surface area contributed by atoms with Gasteiger partial charge in [0.1, 0.15) is 17.3 Å². The summed E-state index contributed by atoms with van der Waals surface area (Å²) in [6, 6.07) is 20.8. The Morgan fingerprint density at radius 1 is 0.944 bits per heavy atom. The number of aliphatic hydroxyl groups excluding tert-OH is 1. The number of amides is 1. The van der Waals surface area contributed by atoms with Crippen LogP contribution >= 0.6 is 0 Å². The molecule has 3 aromatic carbocycles. The first kappa shape index (κ1) is 25.0. The van der Waals surface area contributed by atoms with Crippen LogP contribution in [0.15, 0.2) is 78.4 Å². The van der Waals surface area contributed by atoms with Gasteiger partial charge in [-0.05, 0) is 73.9 Å². The first-order valence-corrected chi connectivity index (χ1v) is 12.1. The van der Waals surface area contributed by atoms with Gasteiger partial charge in [0, 0.05) is 11.3 Å². The van der Waals surface area contributed by atoms with Gasteiger partial charge < -0.3 is 14.6 Å². The predicted octanol–water partition coefficient (Wildman–Crippen LogP) is 6.05. The van der Waals surface area contributed by atoms with Gasteiger partial charge in [-0.25, -0.2) is 0 Å². The first-order chi connectivity index (χ1) is 17.3. The Morgan fingerprint density at radius 2 is 1.58 bits per heavy atom. The highest BCUT2D eigenvalue weighted by atomic mass is 16.5. The van der Waals surface area contributed by atoms with E-state index in [9.17, 15) is 14.7 Å². The maximum absolute atomic E-state index is 13.3. The number of aryl methyl sites for hydroxylation is 1. The Bertz CT molecular complexity index is 1280. The van der Waals surface area contributed by atoms with Crippen LogP contribution in [0, 0.1) is 12.8 Å². The van der Waals surface area contributed by atoms with Gasteiger partial charge in [0.15, 0.2) is 0 Å². The molecule has 6 heteroatoms. The number of hydrogen-bond acceptors (Lipinski definition) is 5. The smallest absolute Gasteiger partial charge is 0.300 e. The van der Waals surface area contributed by atoms with E-state index >= 15 is 0 Å². The number of nitrogens with zero attached hydrogens (tertiary/aromatic N) is 1. The van der Waals surface area contributed by atoms with Gasteiger partial charge in [-0.15, -0.1) is 0 Å². The standard InChI is InChI=1S/C30H31NO5/c1-5-35-24-15-11-23(12-16-24)31-27(22-8-6-7-20(4)17-22)26(29(33)30(31)34)28(32)21-9-13-25(14-10-21)36-18-19(2)3/h6-17,19,27,32H,5,18H2,1-4H3/b28-26-. The molecule has 1 heterocycles. The average molecular weight is 486 g/mol. The maximum atomic E-state index is 13.3. The van der Waals surface area contributed by atoms with Crippen LogP contribution in [0.5, 0.6) is 11.5 Å². The molecule has 0 spiro atoms. The number of anilines is 1. The zero-order valence-electron chi connectivity index (χ0n) is 21.0. The molecule has 3 aromatic rings. The first-order valence-electron chi connectivity index (χ1n) is 12.1. The number of benzene rings is 3. The number of ether oxygens (including phenoxy) is 2. The molecular weight excluding hydrogens is 454 g/mol. The molecule has 6 nitrogen and oxygen atoms in total. The second kappa shape index (κ2) is 10.7. The summed E-state index contributed by atoms with van der Waals surface area (Å²) in [5.41, 5.74) is 2.76. The molecule has 186 valence electrons. The van der Waals surface area contributed by atoms with Gasteiger partial charge in [0.2, 0.25) is 0 Å². The normalized spacial score (nSPS) is 17.0. The zero-order valence-corrected chi connectivity index (χ0v) is 21.0. The fraction of sp³-hybridized carbons (Fsp3) is 0.267. The van der Waals surface area contributed by atoms with Gasteiger partial charge in [0.05, 0.1) is 24.8 Å². The summed E-state index contributed by atoms with van der Waals surface area (Å²) in [5, 5.41) is 11.3. The zero-order chi connectivity index (χ0) is 25.8. The van der Waals surface area contributed by atoms with Crippen LogP contribution in [0.25, 0.3) is 5.76 Å². The Balaban J connectivity index is 1.79. The van der Waals surface area contributed by atoms with Gasteiger partial charge in [-0.1, -0.05) is 43.7 Å². The molecule has 1 saturated heterocycles. The molecule has 1 N–H and O–H groups in total. The Morgan fingerprint density at radius 3 is 2.19 bits per heavy atom. The monoisotopic (exact) mass is 485 g/mol. The second-order valence-corrected chi connectivity index (χ2v) is 9.24. The molecule has 0 radical (unpaired) electrons. The summed E-state index contributed by atoms with van der Waals surface area (Å²) in [7, 11) is 0. The minimum Gasteiger partial charge on any atom is -0.507 e. The molecule has 0 bridgehead atoms. The van der Waals surface area contributed by atoms with Crippen molar-refractivity contribution in [3.05, 3.63) is 95.1 Å². The lowest BCUT2D eigenvalue weighted by atomic mass is 9.94. The largest absolute Gasteiger partial charge is 0.507 e. The summed E-state index contributed by atoms with van der Waals surface area (Å²) in [5.74, 6) is 0.0851. The van der Waals surface area contributed by atoms with Crippen molar-refractivity contribution in [1.82, 2.24) is 0 Å². The molecule has 0 aromatic heterocycles. The van der Waals surface area contributed by atoms with Crippen molar-refractivity contribution >= 4 is 23.1 Å². The Hall–Kier alpha value is -4.06. The molecule has 1 amide bonds. The third-order valence-corrected chi connectivity index (χ3v) is 5.94. The van der Waals surface area contributed by atoms with E-state index in [2.05, 4.69) is 13.8 Å². The summed E-state index contributed by atoms with van der Waals surface area (Å²) in [6.45, 7) is 9.07. The van der Waals surface area contributed by atoms with Crippen LogP contribution in [0.1, 0.15) is 43.5 Å². The fourth-order valence-corrected chi connectivity index (χ4v) is 4.25. The number of carbonyl (C=O) groups is 2. The second-order valence-electron chi connectivity index (χ2n) is 9.24. The fourth-order valence-electron chi connectivity index (χ4n) is 4.25. The third kappa shape index (κ3) is 5.13. The Labute approximate surface area is 211 Å². The van der Waals surface area contributed by atoms with E-state index in [-0.39, 0.29) is 11.3 Å². The summed E-state index contributed by atoms with van der Waals surface area (Å²) < 4.78 is 11.3. The third-order valence-electron chi connectivity index (χ3n) is 5.94. The minimum absolute atomic E-state index is 0.0512. The molecule has 1 aliphatic heterocycles. The maximum Gasteiger partial charge on any atom is 0.300 e. The van der Waals surface area contributed by atoms with Crippen molar-refractivity contribution in [2.45, 2.75) is 33.7 Å². The molecule has 1 unspecified atom stereocenters. The van der Waals surface area contributed by atoms with Gasteiger partial charge in [0.25, 0.3) is 11.7 Å². The van der Waals surface area contributed by atoms with Crippen molar-refractivity contribution in [2.24, 2.45) is 5.92 Å². The summed E-state index contributed by atoms with van der Waals surface area (Å²) in [4.78, 5) is 28.1. The van der Waals surface area contributed by atoms with Gasteiger partial charge >= 0.3 is 0 Å². The lowest BCUT2D eigenvalue weighted by Gasteiger charge is -2.26.